The van der Waals surface area contributed by atoms with Crippen molar-refractivity contribution in [3.05, 3.63) is 16.1 Å². The number of rotatable bonds is 6. The minimum absolute atomic E-state index is 0.200. The first-order valence-electron chi connectivity index (χ1n) is 6.12. The summed E-state index contributed by atoms with van der Waals surface area (Å²) < 4.78 is 22.4. The maximum Gasteiger partial charge on any atom is 0.154 e. The van der Waals surface area contributed by atoms with Crippen LogP contribution in [0.5, 0.6) is 0 Å². The number of hydrogen-bond acceptors (Lipinski definition) is 5. The normalized spacial score (nSPS) is 12.3. The summed E-state index contributed by atoms with van der Waals surface area (Å²) in [4.78, 5) is 4.27. The molecule has 1 rings (SSSR count). The number of sulfone groups is 1. The van der Waals surface area contributed by atoms with Crippen molar-refractivity contribution in [2.75, 3.05) is 30.0 Å². The molecular formula is C12H19Cl2N3O2S. The first kappa shape index (κ1) is 17.3. The van der Waals surface area contributed by atoms with Gasteiger partial charge in [0.25, 0.3) is 0 Å². The monoisotopic (exact) mass is 339 g/mol. The van der Waals surface area contributed by atoms with Crippen molar-refractivity contribution in [3.63, 3.8) is 0 Å². The standard InChI is InChI=1S/C12H19Cl2N3O2S/c1-5-15-10-8(13)6-9(14)11(17-10)16-7-12(2,3)20(4,18)19/h6H,5,7H2,1-4H3,(H2,15,16,17). The van der Waals surface area contributed by atoms with Crippen molar-refractivity contribution >= 4 is 44.7 Å². The van der Waals surface area contributed by atoms with Crippen LogP contribution in [0.3, 0.4) is 0 Å². The van der Waals surface area contributed by atoms with Gasteiger partial charge in [0.2, 0.25) is 0 Å². The zero-order valence-corrected chi connectivity index (χ0v) is 14.2. The largest absolute Gasteiger partial charge is 0.369 e. The minimum atomic E-state index is -3.19. The van der Waals surface area contributed by atoms with E-state index >= 15 is 0 Å². The summed E-state index contributed by atoms with van der Waals surface area (Å²) in [6.45, 7) is 6.08. The molecule has 2 N–H and O–H groups in total. The van der Waals surface area contributed by atoms with Gasteiger partial charge in [-0.15, -0.1) is 0 Å². The molecule has 0 saturated carbocycles. The third kappa shape index (κ3) is 4.14. The zero-order chi connectivity index (χ0) is 15.6. The maximum absolute atomic E-state index is 11.7. The first-order valence-corrected chi connectivity index (χ1v) is 8.76. The summed E-state index contributed by atoms with van der Waals surface area (Å²) in [7, 11) is -3.19. The molecule has 0 unspecified atom stereocenters. The fraction of sp³-hybridized carbons (Fsp3) is 0.583. The molecule has 0 aliphatic carbocycles. The molecule has 20 heavy (non-hydrogen) atoms. The van der Waals surface area contributed by atoms with Crippen molar-refractivity contribution in [2.45, 2.75) is 25.5 Å². The van der Waals surface area contributed by atoms with Gasteiger partial charge in [-0.3, -0.25) is 0 Å². The van der Waals surface area contributed by atoms with E-state index in [0.29, 0.717) is 28.2 Å². The molecule has 1 aromatic heterocycles. The van der Waals surface area contributed by atoms with Crippen LogP contribution in [-0.4, -0.2) is 37.5 Å². The Balaban J connectivity index is 2.96. The van der Waals surface area contributed by atoms with E-state index in [9.17, 15) is 8.42 Å². The first-order chi connectivity index (χ1) is 9.08. The topological polar surface area (TPSA) is 71.1 Å². The average molecular weight is 340 g/mol. The van der Waals surface area contributed by atoms with Crippen molar-refractivity contribution in [2.24, 2.45) is 0 Å². The zero-order valence-electron chi connectivity index (χ0n) is 11.9. The Kier molecular flexibility index (Phi) is 5.52. The summed E-state index contributed by atoms with van der Waals surface area (Å²) in [5.74, 6) is 0.918. The van der Waals surface area contributed by atoms with Crippen LogP contribution < -0.4 is 10.6 Å². The summed E-state index contributed by atoms with van der Waals surface area (Å²) in [6.07, 6.45) is 1.20. The highest BCUT2D eigenvalue weighted by molar-refractivity contribution is 7.92. The van der Waals surface area contributed by atoms with E-state index in [2.05, 4.69) is 15.6 Å². The van der Waals surface area contributed by atoms with Crippen LogP contribution in [0.1, 0.15) is 20.8 Å². The van der Waals surface area contributed by atoms with Gasteiger partial charge in [-0.25, -0.2) is 13.4 Å². The number of anilines is 2. The number of nitrogens with one attached hydrogen (secondary N) is 2. The van der Waals surface area contributed by atoms with Crippen LogP contribution in [0, 0.1) is 0 Å². The molecule has 114 valence electrons. The van der Waals surface area contributed by atoms with E-state index in [1.807, 2.05) is 6.92 Å². The Morgan fingerprint density at radius 2 is 1.70 bits per heavy atom. The lowest BCUT2D eigenvalue weighted by Gasteiger charge is -2.23. The van der Waals surface area contributed by atoms with E-state index in [4.69, 9.17) is 23.2 Å². The van der Waals surface area contributed by atoms with E-state index in [-0.39, 0.29) is 6.54 Å². The van der Waals surface area contributed by atoms with Gasteiger partial charge in [-0.2, -0.15) is 0 Å². The van der Waals surface area contributed by atoms with Gasteiger partial charge in [-0.1, -0.05) is 23.2 Å². The fourth-order valence-corrected chi connectivity index (χ4v) is 2.14. The number of nitrogens with zero attached hydrogens (tertiary/aromatic N) is 1. The van der Waals surface area contributed by atoms with Gasteiger partial charge in [0.05, 0.1) is 14.8 Å². The molecule has 5 nitrogen and oxygen atoms in total. The summed E-state index contributed by atoms with van der Waals surface area (Å²) >= 11 is 12.1. The van der Waals surface area contributed by atoms with Gasteiger partial charge in [-0.05, 0) is 26.8 Å². The molecule has 0 radical (unpaired) electrons. The Morgan fingerprint density at radius 1 is 1.20 bits per heavy atom. The second kappa shape index (κ2) is 6.37. The van der Waals surface area contributed by atoms with Crippen LogP contribution in [0.15, 0.2) is 6.07 Å². The molecule has 0 aromatic carbocycles. The number of hydrogen-bond donors (Lipinski definition) is 2. The van der Waals surface area contributed by atoms with Crippen LogP contribution in [-0.2, 0) is 9.84 Å². The SMILES string of the molecule is CCNc1nc(NCC(C)(C)S(C)(=O)=O)c(Cl)cc1Cl. The van der Waals surface area contributed by atoms with Gasteiger partial charge < -0.3 is 10.6 Å². The minimum Gasteiger partial charge on any atom is -0.369 e. The highest BCUT2D eigenvalue weighted by Gasteiger charge is 2.30. The van der Waals surface area contributed by atoms with Crippen LogP contribution in [0.4, 0.5) is 11.6 Å². The van der Waals surface area contributed by atoms with Crippen molar-refractivity contribution < 1.29 is 8.42 Å². The van der Waals surface area contributed by atoms with E-state index in [1.165, 1.54) is 6.26 Å². The molecule has 8 heteroatoms. The number of pyridine rings is 1. The van der Waals surface area contributed by atoms with Crippen molar-refractivity contribution in [1.82, 2.24) is 4.98 Å². The van der Waals surface area contributed by atoms with Gasteiger partial charge in [0, 0.05) is 19.3 Å². The molecule has 1 heterocycles. The molecule has 0 fully saturated rings. The molecule has 0 aliphatic rings. The average Bonchev–Trinajstić information content (AvgIpc) is 2.30. The van der Waals surface area contributed by atoms with Crippen LogP contribution >= 0.6 is 23.2 Å². The Bertz CT molecular complexity index is 589. The van der Waals surface area contributed by atoms with Gasteiger partial charge in [0.15, 0.2) is 9.84 Å². The number of aromatic nitrogens is 1. The van der Waals surface area contributed by atoms with Gasteiger partial charge >= 0.3 is 0 Å². The molecule has 1 aromatic rings. The molecule has 0 spiro atoms. The molecule has 0 bridgehead atoms. The fourth-order valence-electron chi connectivity index (χ4n) is 1.31. The number of halogens is 2. The summed E-state index contributed by atoms with van der Waals surface area (Å²) in [6, 6.07) is 1.57. The lowest BCUT2D eigenvalue weighted by atomic mass is 10.2. The van der Waals surface area contributed by atoms with Crippen molar-refractivity contribution in [1.29, 1.82) is 0 Å². The molecule has 0 aliphatic heterocycles. The van der Waals surface area contributed by atoms with E-state index in [0.717, 1.165) is 0 Å². The van der Waals surface area contributed by atoms with E-state index in [1.54, 1.807) is 19.9 Å². The molecule has 0 amide bonds. The van der Waals surface area contributed by atoms with Crippen LogP contribution in [0.2, 0.25) is 10.0 Å². The smallest absolute Gasteiger partial charge is 0.154 e. The third-order valence-electron chi connectivity index (χ3n) is 2.96. The quantitative estimate of drug-likeness (QED) is 0.833. The van der Waals surface area contributed by atoms with Crippen LogP contribution in [0.25, 0.3) is 0 Å². The third-order valence-corrected chi connectivity index (χ3v) is 5.69. The molecular weight excluding hydrogens is 321 g/mol. The molecule has 0 atom stereocenters. The summed E-state index contributed by atoms with van der Waals surface area (Å²) in [5.41, 5.74) is 0. The lowest BCUT2D eigenvalue weighted by molar-refractivity contribution is 0.559. The Hall–Kier alpha value is -0.720. The summed E-state index contributed by atoms with van der Waals surface area (Å²) in [5, 5.41) is 6.74. The Labute approximate surface area is 130 Å². The highest BCUT2D eigenvalue weighted by Crippen LogP contribution is 2.29. The highest BCUT2D eigenvalue weighted by atomic mass is 35.5. The lowest BCUT2D eigenvalue weighted by Crippen LogP contribution is -2.38. The predicted octanol–water partition coefficient (Wildman–Crippen LogP) is 3.06. The van der Waals surface area contributed by atoms with Crippen molar-refractivity contribution in [3.8, 4) is 0 Å². The Morgan fingerprint density at radius 3 is 2.15 bits per heavy atom. The maximum atomic E-state index is 11.7. The second-order valence-corrected chi connectivity index (χ2v) is 8.53. The molecule has 0 saturated heterocycles. The predicted molar refractivity (Wildman–Crippen MR) is 85.8 cm³/mol. The second-order valence-electron chi connectivity index (χ2n) is 5.06. The van der Waals surface area contributed by atoms with Gasteiger partial charge in [0.1, 0.15) is 11.6 Å². The van der Waals surface area contributed by atoms with E-state index < -0.39 is 14.6 Å².